The summed E-state index contributed by atoms with van der Waals surface area (Å²) in [5, 5.41) is -0.00972. The summed E-state index contributed by atoms with van der Waals surface area (Å²) in [4.78, 5) is 25.7. The molecule has 8 heteroatoms. The zero-order chi connectivity index (χ0) is 14.3. The summed E-state index contributed by atoms with van der Waals surface area (Å²) in [6.45, 7) is 0. The SMILES string of the molecule is Nc1cc(C(S)c2ncc[nH]2)c2nc(N)[nH]c(=O)c2c1. The summed E-state index contributed by atoms with van der Waals surface area (Å²) in [5.41, 5.74) is 12.7. The van der Waals surface area contributed by atoms with Gasteiger partial charge in [-0.05, 0) is 12.1 Å². The van der Waals surface area contributed by atoms with E-state index in [1.807, 2.05) is 0 Å². The van der Waals surface area contributed by atoms with Crippen molar-refractivity contribution in [1.82, 2.24) is 19.9 Å². The van der Waals surface area contributed by atoms with Crippen molar-refractivity contribution in [2.24, 2.45) is 0 Å². The maximum Gasteiger partial charge on any atom is 0.260 e. The Labute approximate surface area is 118 Å². The van der Waals surface area contributed by atoms with Gasteiger partial charge < -0.3 is 16.5 Å². The van der Waals surface area contributed by atoms with Gasteiger partial charge in [0.25, 0.3) is 5.56 Å². The van der Waals surface area contributed by atoms with Gasteiger partial charge in [0.2, 0.25) is 5.95 Å². The summed E-state index contributed by atoms with van der Waals surface area (Å²) >= 11 is 4.52. The quantitative estimate of drug-likeness (QED) is 0.352. The average Bonchev–Trinajstić information content (AvgIpc) is 2.92. The monoisotopic (exact) mass is 288 g/mol. The van der Waals surface area contributed by atoms with E-state index < -0.39 is 0 Å². The number of nitrogen functional groups attached to an aromatic ring is 2. The van der Waals surface area contributed by atoms with Crippen molar-refractivity contribution in [1.29, 1.82) is 0 Å². The van der Waals surface area contributed by atoms with Crippen LogP contribution >= 0.6 is 12.6 Å². The Kier molecular flexibility index (Phi) is 2.87. The van der Waals surface area contributed by atoms with Gasteiger partial charge in [0.1, 0.15) is 5.82 Å². The Hall–Kier alpha value is -2.48. The molecule has 1 aromatic carbocycles. The number of nitrogens with zero attached hydrogens (tertiary/aromatic N) is 2. The minimum atomic E-state index is -0.385. The van der Waals surface area contributed by atoms with Crippen molar-refractivity contribution in [3.05, 3.63) is 46.3 Å². The lowest BCUT2D eigenvalue weighted by molar-refractivity contribution is 1.01. The molecule has 2 heterocycles. The molecule has 0 spiro atoms. The van der Waals surface area contributed by atoms with Crippen molar-refractivity contribution in [2.45, 2.75) is 5.25 Å². The predicted octanol–water partition coefficient (Wildman–Crippen LogP) is 0.830. The smallest absolute Gasteiger partial charge is 0.260 e. The molecule has 0 aliphatic rings. The van der Waals surface area contributed by atoms with Gasteiger partial charge in [-0.25, -0.2) is 9.97 Å². The second kappa shape index (κ2) is 4.57. The van der Waals surface area contributed by atoms with Crippen molar-refractivity contribution < 1.29 is 0 Å². The van der Waals surface area contributed by atoms with Crippen molar-refractivity contribution in [3.63, 3.8) is 0 Å². The van der Waals surface area contributed by atoms with Crippen molar-refractivity contribution >= 4 is 35.2 Å². The lowest BCUT2D eigenvalue weighted by Crippen LogP contribution is -2.13. The maximum absolute atomic E-state index is 11.9. The third-order valence-electron chi connectivity index (χ3n) is 2.95. The minimum absolute atomic E-state index is 0.0495. The Morgan fingerprint density at radius 1 is 1.30 bits per heavy atom. The second-order valence-electron chi connectivity index (χ2n) is 4.33. The number of aromatic amines is 2. The fourth-order valence-electron chi connectivity index (χ4n) is 2.09. The number of hydrogen-bond donors (Lipinski definition) is 5. The number of nitrogens with two attached hydrogens (primary N) is 2. The van der Waals surface area contributed by atoms with Gasteiger partial charge >= 0.3 is 0 Å². The van der Waals surface area contributed by atoms with E-state index in [1.54, 1.807) is 24.5 Å². The van der Waals surface area contributed by atoms with Gasteiger partial charge in [0, 0.05) is 23.6 Å². The molecule has 0 fully saturated rings. The molecule has 102 valence electrons. The molecule has 3 rings (SSSR count). The first kappa shape index (κ1) is 12.5. The van der Waals surface area contributed by atoms with Crippen LogP contribution in [0.4, 0.5) is 11.6 Å². The molecule has 0 saturated carbocycles. The average molecular weight is 288 g/mol. The third kappa shape index (κ3) is 1.99. The van der Waals surface area contributed by atoms with Crippen LogP contribution in [0.1, 0.15) is 16.6 Å². The molecule has 0 aliphatic carbocycles. The zero-order valence-corrected chi connectivity index (χ0v) is 11.2. The molecule has 1 unspecified atom stereocenters. The van der Waals surface area contributed by atoms with Crippen molar-refractivity contribution in [3.8, 4) is 0 Å². The van der Waals surface area contributed by atoms with E-state index in [9.17, 15) is 4.79 Å². The first-order valence-corrected chi connectivity index (χ1v) is 6.34. The Morgan fingerprint density at radius 2 is 2.10 bits per heavy atom. The number of hydrogen-bond acceptors (Lipinski definition) is 6. The number of imidazole rings is 1. The van der Waals surface area contributed by atoms with Crippen LogP contribution in [0.25, 0.3) is 10.9 Å². The molecule has 0 radical (unpaired) electrons. The van der Waals surface area contributed by atoms with E-state index in [0.29, 0.717) is 28.0 Å². The van der Waals surface area contributed by atoms with E-state index >= 15 is 0 Å². The number of H-pyrrole nitrogens is 2. The molecular formula is C12H12N6OS. The van der Waals surface area contributed by atoms with Crippen LogP contribution in [-0.4, -0.2) is 19.9 Å². The van der Waals surface area contributed by atoms with Gasteiger partial charge in [-0.3, -0.25) is 9.78 Å². The maximum atomic E-state index is 11.9. The topological polar surface area (TPSA) is 126 Å². The number of benzene rings is 1. The highest BCUT2D eigenvalue weighted by atomic mass is 32.1. The second-order valence-corrected chi connectivity index (χ2v) is 4.85. The molecule has 6 N–H and O–H groups in total. The number of anilines is 2. The van der Waals surface area contributed by atoms with Crippen LogP contribution in [0.15, 0.2) is 29.3 Å². The van der Waals surface area contributed by atoms with Crippen LogP contribution in [0.2, 0.25) is 0 Å². The molecule has 3 aromatic rings. The molecule has 0 aliphatic heterocycles. The normalized spacial score (nSPS) is 12.7. The summed E-state index contributed by atoms with van der Waals surface area (Å²) in [6, 6.07) is 3.28. The summed E-state index contributed by atoms with van der Waals surface area (Å²) in [7, 11) is 0. The first-order valence-electron chi connectivity index (χ1n) is 5.82. The fraction of sp³-hybridized carbons (Fsp3) is 0.0833. The number of rotatable bonds is 2. The third-order valence-corrected chi connectivity index (χ3v) is 3.48. The molecule has 0 amide bonds. The summed E-state index contributed by atoms with van der Waals surface area (Å²) < 4.78 is 0. The largest absolute Gasteiger partial charge is 0.399 e. The van der Waals surface area contributed by atoms with Gasteiger partial charge in [0.15, 0.2) is 0 Å². The van der Waals surface area contributed by atoms with Gasteiger partial charge in [0.05, 0.1) is 16.2 Å². The van der Waals surface area contributed by atoms with Crippen molar-refractivity contribution in [2.75, 3.05) is 11.5 Å². The van der Waals surface area contributed by atoms with Crippen LogP contribution in [0, 0.1) is 0 Å². The molecule has 0 bridgehead atoms. The number of fused-ring (bicyclic) bond motifs is 1. The van der Waals surface area contributed by atoms with Gasteiger partial charge in [-0.2, -0.15) is 12.6 Å². The van der Waals surface area contributed by atoms with Gasteiger partial charge in [-0.1, -0.05) is 0 Å². The first-order chi connectivity index (χ1) is 9.56. The van der Waals surface area contributed by atoms with E-state index in [2.05, 4.69) is 32.6 Å². The van der Waals surface area contributed by atoms with E-state index in [0.717, 1.165) is 0 Å². The van der Waals surface area contributed by atoms with Crippen LogP contribution < -0.4 is 17.0 Å². The standard InChI is InChI=1S/C12H12N6OS/c13-5-3-6(9(20)10-15-1-2-16-10)8-7(4-5)11(19)18-12(14)17-8/h1-4,9,20H,13H2,(H,15,16)(H3,14,17,18,19). The molecule has 20 heavy (non-hydrogen) atoms. The highest BCUT2D eigenvalue weighted by molar-refractivity contribution is 7.80. The Morgan fingerprint density at radius 3 is 2.80 bits per heavy atom. The molecule has 2 aromatic heterocycles. The summed E-state index contributed by atoms with van der Waals surface area (Å²) in [6.07, 6.45) is 3.32. The minimum Gasteiger partial charge on any atom is -0.399 e. The van der Waals surface area contributed by atoms with Crippen LogP contribution in [-0.2, 0) is 0 Å². The molecule has 7 nitrogen and oxygen atoms in total. The molecule has 0 saturated heterocycles. The van der Waals surface area contributed by atoms with Crippen LogP contribution in [0.3, 0.4) is 0 Å². The number of aromatic nitrogens is 4. The summed E-state index contributed by atoms with van der Waals surface area (Å²) in [5.74, 6) is 0.689. The Bertz CT molecular complexity index is 826. The highest BCUT2D eigenvalue weighted by Gasteiger charge is 2.18. The molecular weight excluding hydrogens is 276 g/mol. The number of nitrogens with one attached hydrogen (secondary N) is 2. The van der Waals surface area contributed by atoms with Crippen LogP contribution in [0.5, 0.6) is 0 Å². The fourth-order valence-corrected chi connectivity index (χ4v) is 2.43. The lowest BCUT2D eigenvalue weighted by Gasteiger charge is -2.12. The van der Waals surface area contributed by atoms with E-state index in [1.165, 1.54) is 0 Å². The highest BCUT2D eigenvalue weighted by Crippen LogP contribution is 2.31. The van der Waals surface area contributed by atoms with E-state index in [4.69, 9.17) is 11.5 Å². The lowest BCUT2D eigenvalue weighted by atomic mass is 10.1. The Balaban J connectivity index is 2.32. The van der Waals surface area contributed by atoms with Gasteiger partial charge in [-0.15, -0.1) is 0 Å². The number of thiol groups is 1. The molecule has 1 atom stereocenters. The van der Waals surface area contributed by atoms with E-state index in [-0.39, 0.29) is 16.8 Å². The zero-order valence-electron chi connectivity index (χ0n) is 10.3. The predicted molar refractivity (Wildman–Crippen MR) is 80.6 cm³/mol.